The van der Waals surface area contributed by atoms with E-state index in [0.717, 1.165) is 12.7 Å². The van der Waals surface area contributed by atoms with E-state index in [2.05, 4.69) is 24.6 Å². The molecule has 0 bridgehead atoms. The molecule has 1 aromatic rings. The van der Waals surface area contributed by atoms with Gasteiger partial charge >= 0.3 is 0 Å². The van der Waals surface area contributed by atoms with Crippen molar-refractivity contribution in [1.82, 2.24) is 9.55 Å². The number of nitrogens with zero attached hydrogens (tertiary/aromatic N) is 2. The Morgan fingerprint density at radius 3 is 2.69 bits per heavy atom. The molecule has 0 amide bonds. The second kappa shape index (κ2) is 5.40. The van der Waals surface area contributed by atoms with Gasteiger partial charge in [0.1, 0.15) is 12.4 Å². The Morgan fingerprint density at radius 2 is 2.19 bits per heavy atom. The summed E-state index contributed by atoms with van der Waals surface area (Å²) in [6, 6.07) is 1.15. The van der Waals surface area contributed by atoms with Crippen LogP contribution in [0.4, 0.5) is 0 Å². The SMILES string of the molecule is CC(=O)c1cn(COCC[Si](C)(C)C)cn1. The van der Waals surface area contributed by atoms with Crippen LogP contribution in [0.1, 0.15) is 17.4 Å². The monoisotopic (exact) mass is 240 g/mol. The first-order valence-corrected chi connectivity index (χ1v) is 9.20. The molecule has 0 radical (unpaired) electrons. The average molecular weight is 240 g/mol. The summed E-state index contributed by atoms with van der Waals surface area (Å²) >= 11 is 0. The molecule has 0 aliphatic heterocycles. The van der Waals surface area contributed by atoms with E-state index in [4.69, 9.17) is 4.74 Å². The summed E-state index contributed by atoms with van der Waals surface area (Å²) in [7, 11) is -1.01. The van der Waals surface area contributed by atoms with Gasteiger partial charge in [-0.25, -0.2) is 4.98 Å². The van der Waals surface area contributed by atoms with Crippen molar-refractivity contribution < 1.29 is 9.53 Å². The highest BCUT2D eigenvalue weighted by Crippen LogP contribution is 2.08. The Morgan fingerprint density at radius 1 is 1.50 bits per heavy atom. The molecule has 0 unspecified atom stereocenters. The van der Waals surface area contributed by atoms with Gasteiger partial charge in [-0.05, 0) is 6.04 Å². The van der Waals surface area contributed by atoms with E-state index in [-0.39, 0.29) is 5.78 Å². The zero-order valence-electron chi connectivity index (χ0n) is 10.5. The van der Waals surface area contributed by atoms with Gasteiger partial charge in [-0.1, -0.05) is 19.6 Å². The molecule has 4 nitrogen and oxygen atoms in total. The summed E-state index contributed by atoms with van der Waals surface area (Å²) in [6.45, 7) is 9.73. The third-order valence-electron chi connectivity index (χ3n) is 2.23. The third kappa shape index (κ3) is 4.72. The molecule has 1 heterocycles. The fourth-order valence-corrected chi connectivity index (χ4v) is 1.92. The van der Waals surface area contributed by atoms with Crippen LogP contribution in [-0.4, -0.2) is 30.0 Å². The largest absolute Gasteiger partial charge is 0.361 e. The lowest BCUT2D eigenvalue weighted by molar-refractivity contribution is 0.0870. The minimum absolute atomic E-state index is 0.0131. The van der Waals surface area contributed by atoms with Crippen molar-refractivity contribution >= 4 is 13.9 Å². The third-order valence-corrected chi connectivity index (χ3v) is 3.93. The number of ether oxygens (including phenoxy) is 1. The van der Waals surface area contributed by atoms with Crippen LogP contribution in [0.5, 0.6) is 0 Å². The molecular weight excluding hydrogens is 220 g/mol. The number of imidazole rings is 1. The van der Waals surface area contributed by atoms with E-state index in [1.54, 1.807) is 17.1 Å². The van der Waals surface area contributed by atoms with E-state index < -0.39 is 8.07 Å². The smallest absolute Gasteiger partial charge is 0.179 e. The van der Waals surface area contributed by atoms with Crippen LogP contribution in [0.2, 0.25) is 25.7 Å². The predicted octanol–water partition coefficient (Wildman–Crippen LogP) is 2.40. The Labute approximate surface area is 97.6 Å². The van der Waals surface area contributed by atoms with E-state index in [1.165, 1.54) is 6.92 Å². The van der Waals surface area contributed by atoms with Crippen molar-refractivity contribution in [3.63, 3.8) is 0 Å². The molecule has 16 heavy (non-hydrogen) atoms. The molecule has 0 aliphatic rings. The van der Waals surface area contributed by atoms with Crippen LogP contribution in [0.15, 0.2) is 12.5 Å². The maximum atomic E-state index is 11.0. The standard InChI is InChI=1S/C11H20N2O2Si/c1-10(14)11-7-13(8-12-11)9-15-5-6-16(2,3)4/h7-8H,5-6,9H2,1-4H3. The van der Waals surface area contributed by atoms with Crippen molar-refractivity contribution in [2.45, 2.75) is 39.3 Å². The predicted molar refractivity (Wildman–Crippen MR) is 66.3 cm³/mol. The number of Topliss-reactive ketones (excluding diaryl/α,β-unsaturated/α-hetero) is 1. The number of rotatable bonds is 6. The lowest BCUT2D eigenvalue weighted by Crippen LogP contribution is -2.21. The quantitative estimate of drug-likeness (QED) is 0.436. The van der Waals surface area contributed by atoms with E-state index >= 15 is 0 Å². The second-order valence-corrected chi connectivity index (χ2v) is 10.8. The van der Waals surface area contributed by atoms with Gasteiger partial charge < -0.3 is 9.30 Å². The lowest BCUT2D eigenvalue weighted by Gasteiger charge is -2.15. The van der Waals surface area contributed by atoms with Crippen LogP contribution >= 0.6 is 0 Å². The number of carbonyl (C=O) groups is 1. The number of aromatic nitrogens is 2. The first-order chi connectivity index (χ1) is 7.38. The van der Waals surface area contributed by atoms with Gasteiger partial charge in [0.05, 0.1) is 6.33 Å². The number of hydrogen-bond donors (Lipinski definition) is 0. The number of ketones is 1. The molecule has 0 aromatic carbocycles. The molecule has 0 N–H and O–H groups in total. The minimum atomic E-state index is -1.01. The molecule has 1 aromatic heterocycles. The molecule has 0 saturated heterocycles. The van der Waals surface area contributed by atoms with Gasteiger partial charge in [0, 0.05) is 27.8 Å². The van der Waals surface area contributed by atoms with E-state index in [1.807, 2.05) is 0 Å². The molecule has 5 heteroatoms. The summed E-state index contributed by atoms with van der Waals surface area (Å²) < 4.78 is 7.33. The topological polar surface area (TPSA) is 44.1 Å². The van der Waals surface area contributed by atoms with Crippen molar-refractivity contribution in [3.8, 4) is 0 Å². The van der Waals surface area contributed by atoms with Crippen LogP contribution in [0, 0.1) is 0 Å². The Hall–Kier alpha value is -0.943. The van der Waals surface area contributed by atoms with Gasteiger partial charge in [-0.3, -0.25) is 4.79 Å². The molecule has 0 spiro atoms. The molecule has 90 valence electrons. The molecular formula is C11H20N2O2Si. The molecule has 0 saturated carbocycles. The van der Waals surface area contributed by atoms with E-state index in [0.29, 0.717) is 12.4 Å². The highest BCUT2D eigenvalue weighted by atomic mass is 28.3. The van der Waals surface area contributed by atoms with Gasteiger partial charge in [0.2, 0.25) is 0 Å². The summed E-state index contributed by atoms with van der Waals surface area (Å²) in [4.78, 5) is 15.0. The molecule has 0 fully saturated rings. The van der Waals surface area contributed by atoms with Crippen molar-refractivity contribution in [3.05, 3.63) is 18.2 Å². The summed E-state index contributed by atoms with van der Waals surface area (Å²) in [6.07, 6.45) is 3.35. The first-order valence-electron chi connectivity index (χ1n) is 5.49. The first kappa shape index (κ1) is 13.1. The Bertz CT molecular complexity index is 355. The van der Waals surface area contributed by atoms with Gasteiger partial charge in [-0.2, -0.15) is 0 Å². The maximum absolute atomic E-state index is 11.0. The summed E-state index contributed by atoms with van der Waals surface area (Å²) in [5.74, 6) is -0.0131. The average Bonchev–Trinajstić information content (AvgIpc) is 2.59. The highest BCUT2D eigenvalue weighted by Gasteiger charge is 2.12. The van der Waals surface area contributed by atoms with E-state index in [9.17, 15) is 4.79 Å². The van der Waals surface area contributed by atoms with Gasteiger partial charge in [-0.15, -0.1) is 0 Å². The molecule has 1 rings (SSSR count). The van der Waals surface area contributed by atoms with Crippen LogP contribution < -0.4 is 0 Å². The molecule has 0 atom stereocenters. The van der Waals surface area contributed by atoms with Crippen LogP contribution in [-0.2, 0) is 11.5 Å². The Balaban J connectivity index is 2.30. The summed E-state index contributed by atoms with van der Waals surface area (Å²) in [5, 5.41) is 0. The lowest BCUT2D eigenvalue weighted by atomic mass is 10.3. The summed E-state index contributed by atoms with van der Waals surface area (Å²) in [5.41, 5.74) is 0.494. The van der Waals surface area contributed by atoms with Crippen molar-refractivity contribution in [1.29, 1.82) is 0 Å². The van der Waals surface area contributed by atoms with Crippen molar-refractivity contribution in [2.24, 2.45) is 0 Å². The number of carbonyl (C=O) groups excluding carboxylic acids is 1. The van der Waals surface area contributed by atoms with Gasteiger partial charge in [0.25, 0.3) is 0 Å². The fraction of sp³-hybridized carbons (Fsp3) is 0.636. The zero-order chi connectivity index (χ0) is 12.2. The second-order valence-electron chi connectivity index (χ2n) is 5.18. The minimum Gasteiger partial charge on any atom is -0.361 e. The van der Waals surface area contributed by atoms with Crippen LogP contribution in [0.3, 0.4) is 0 Å². The normalized spacial score (nSPS) is 11.8. The van der Waals surface area contributed by atoms with Crippen molar-refractivity contribution in [2.75, 3.05) is 6.61 Å². The van der Waals surface area contributed by atoms with Crippen LogP contribution in [0.25, 0.3) is 0 Å². The Kier molecular flexibility index (Phi) is 4.43. The van der Waals surface area contributed by atoms with Gasteiger partial charge in [0.15, 0.2) is 5.78 Å². The molecule has 0 aliphatic carbocycles. The zero-order valence-corrected chi connectivity index (χ0v) is 11.5. The fourth-order valence-electron chi connectivity index (χ4n) is 1.16. The maximum Gasteiger partial charge on any atom is 0.179 e. The highest BCUT2D eigenvalue weighted by molar-refractivity contribution is 6.76. The number of hydrogen-bond acceptors (Lipinski definition) is 3.